The minimum absolute atomic E-state index is 0.0536. The topological polar surface area (TPSA) is 35.6 Å². The molecule has 20 heavy (non-hydrogen) atoms. The summed E-state index contributed by atoms with van der Waals surface area (Å²) in [5, 5.41) is 3.32. The van der Waals surface area contributed by atoms with Crippen LogP contribution >= 0.6 is 0 Å². The first-order valence-electron chi connectivity index (χ1n) is 7.00. The standard InChI is InChI=1S/C16H19N3O/c1-3-11-19-14-9-5-4-8-13(14)18(2)16(20)12-7-6-10-17-15(12)19/h4-10,15,17H,3,11H2,1-2H3. The molecule has 0 radical (unpaired) electrons. The number of nitrogens with zero attached hydrogens (tertiary/aromatic N) is 2. The van der Waals surface area contributed by atoms with Crippen LogP contribution in [0.4, 0.5) is 11.4 Å². The summed E-state index contributed by atoms with van der Waals surface area (Å²) in [6.07, 6.45) is 6.64. The number of allylic oxidation sites excluding steroid dienone is 2. The number of para-hydroxylation sites is 2. The number of carbonyl (C=O) groups excluding carboxylic acids is 1. The third-order valence-corrected chi connectivity index (χ3v) is 3.80. The molecule has 4 nitrogen and oxygen atoms in total. The number of anilines is 2. The number of amides is 1. The van der Waals surface area contributed by atoms with Gasteiger partial charge < -0.3 is 15.1 Å². The zero-order chi connectivity index (χ0) is 14.1. The zero-order valence-electron chi connectivity index (χ0n) is 11.8. The summed E-state index contributed by atoms with van der Waals surface area (Å²) in [6.45, 7) is 3.06. The van der Waals surface area contributed by atoms with Gasteiger partial charge in [0.05, 0.1) is 16.9 Å². The van der Waals surface area contributed by atoms with Crippen LogP contribution in [0.5, 0.6) is 0 Å². The molecule has 2 heterocycles. The maximum absolute atomic E-state index is 12.6. The third kappa shape index (κ3) is 1.88. The predicted octanol–water partition coefficient (Wildman–Crippen LogP) is 2.25. The smallest absolute Gasteiger partial charge is 0.258 e. The van der Waals surface area contributed by atoms with Gasteiger partial charge in [-0.25, -0.2) is 0 Å². The quantitative estimate of drug-likeness (QED) is 0.894. The van der Waals surface area contributed by atoms with Gasteiger partial charge in [0, 0.05) is 13.6 Å². The van der Waals surface area contributed by atoms with Gasteiger partial charge in [-0.3, -0.25) is 4.79 Å². The summed E-state index contributed by atoms with van der Waals surface area (Å²) in [5.74, 6) is 0.0536. The molecule has 0 spiro atoms. The van der Waals surface area contributed by atoms with E-state index in [-0.39, 0.29) is 12.1 Å². The Bertz CT molecular complexity index is 591. The molecule has 1 atom stereocenters. The molecule has 3 rings (SSSR count). The lowest BCUT2D eigenvalue weighted by molar-refractivity contribution is -0.115. The summed E-state index contributed by atoms with van der Waals surface area (Å²) in [6, 6.07) is 8.08. The van der Waals surface area contributed by atoms with Gasteiger partial charge >= 0.3 is 0 Å². The Morgan fingerprint density at radius 3 is 2.75 bits per heavy atom. The van der Waals surface area contributed by atoms with E-state index >= 15 is 0 Å². The molecule has 0 saturated carbocycles. The van der Waals surface area contributed by atoms with Crippen LogP contribution in [0.15, 0.2) is 48.2 Å². The van der Waals surface area contributed by atoms with Crippen LogP contribution in [0, 0.1) is 0 Å². The van der Waals surface area contributed by atoms with Crippen molar-refractivity contribution in [1.82, 2.24) is 5.32 Å². The van der Waals surface area contributed by atoms with Crippen molar-refractivity contribution in [1.29, 1.82) is 0 Å². The normalized spacial score (nSPS) is 20.8. The molecule has 4 heteroatoms. The highest BCUT2D eigenvalue weighted by Crippen LogP contribution is 2.35. The maximum atomic E-state index is 12.6. The Balaban J connectivity index is 2.17. The van der Waals surface area contributed by atoms with Crippen LogP contribution in [-0.2, 0) is 4.79 Å². The second-order valence-electron chi connectivity index (χ2n) is 5.10. The van der Waals surface area contributed by atoms with Crippen LogP contribution in [-0.4, -0.2) is 25.7 Å². The third-order valence-electron chi connectivity index (χ3n) is 3.80. The first-order valence-corrected chi connectivity index (χ1v) is 7.00. The van der Waals surface area contributed by atoms with E-state index in [1.165, 1.54) is 0 Å². The molecule has 1 N–H and O–H groups in total. The van der Waals surface area contributed by atoms with Crippen molar-refractivity contribution in [2.75, 3.05) is 23.4 Å². The fourth-order valence-electron chi connectivity index (χ4n) is 2.85. The number of dihydropyridines is 1. The number of likely N-dealkylation sites (N-methyl/N-ethyl adjacent to an activating group) is 1. The highest BCUT2D eigenvalue weighted by Gasteiger charge is 2.34. The first-order chi connectivity index (χ1) is 9.74. The van der Waals surface area contributed by atoms with Gasteiger partial charge in [-0.15, -0.1) is 0 Å². The number of fused-ring (bicyclic) bond motifs is 2. The summed E-state index contributed by atoms with van der Waals surface area (Å²) in [4.78, 5) is 16.7. The Labute approximate surface area is 119 Å². The second-order valence-corrected chi connectivity index (χ2v) is 5.10. The minimum Gasteiger partial charge on any atom is -0.367 e. The fourth-order valence-corrected chi connectivity index (χ4v) is 2.85. The molecule has 0 saturated heterocycles. The van der Waals surface area contributed by atoms with Gasteiger partial charge in [-0.05, 0) is 36.9 Å². The van der Waals surface area contributed by atoms with Crippen molar-refractivity contribution in [3.8, 4) is 0 Å². The van der Waals surface area contributed by atoms with Crippen molar-refractivity contribution in [2.45, 2.75) is 19.5 Å². The van der Waals surface area contributed by atoms with Crippen LogP contribution < -0.4 is 15.1 Å². The molecule has 2 aliphatic heterocycles. The van der Waals surface area contributed by atoms with Gasteiger partial charge in [0.25, 0.3) is 5.91 Å². The van der Waals surface area contributed by atoms with Gasteiger partial charge in [-0.2, -0.15) is 0 Å². The molecule has 104 valence electrons. The number of carbonyl (C=O) groups is 1. The molecule has 0 bridgehead atoms. The molecule has 1 unspecified atom stereocenters. The van der Waals surface area contributed by atoms with E-state index in [2.05, 4.69) is 23.2 Å². The number of rotatable bonds is 2. The van der Waals surface area contributed by atoms with Gasteiger partial charge in [-0.1, -0.05) is 19.1 Å². The highest BCUT2D eigenvalue weighted by molar-refractivity contribution is 6.10. The Hall–Kier alpha value is -2.23. The van der Waals surface area contributed by atoms with Crippen LogP contribution in [0.2, 0.25) is 0 Å². The van der Waals surface area contributed by atoms with Crippen LogP contribution in [0.1, 0.15) is 13.3 Å². The molecular formula is C16H19N3O. The maximum Gasteiger partial charge on any atom is 0.258 e. The van der Waals surface area contributed by atoms with E-state index in [0.717, 1.165) is 29.9 Å². The largest absolute Gasteiger partial charge is 0.367 e. The predicted molar refractivity (Wildman–Crippen MR) is 81.6 cm³/mol. The van der Waals surface area contributed by atoms with E-state index in [0.29, 0.717) is 0 Å². The summed E-state index contributed by atoms with van der Waals surface area (Å²) in [5.41, 5.74) is 2.85. The van der Waals surface area contributed by atoms with E-state index in [1.54, 1.807) is 4.90 Å². The zero-order valence-corrected chi connectivity index (χ0v) is 11.8. The lowest BCUT2D eigenvalue weighted by atomic mass is 10.1. The van der Waals surface area contributed by atoms with Gasteiger partial charge in [0.15, 0.2) is 0 Å². The van der Waals surface area contributed by atoms with E-state index in [9.17, 15) is 4.79 Å². The van der Waals surface area contributed by atoms with Gasteiger partial charge in [0.1, 0.15) is 6.17 Å². The minimum atomic E-state index is -0.0847. The number of hydrogen-bond donors (Lipinski definition) is 1. The molecule has 1 aromatic carbocycles. The highest BCUT2D eigenvalue weighted by atomic mass is 16.2. The lowest BCUT2D eigenvalue weighted by Crippen LogP contribution is -2.48. The molecule has 1 aromatic rings. The Morgan fingerprint density at radius 2 is 2.00 bits per heavy atom. The second kappa shape index (κ2) is 5.04. The van der Waals surface area contributed by atoms with E-state index in [1.807, 2.05) is 43.6 Å². The molecule has 1 amide bonds. The molecular weight excluding hydrogens is 250 g/mol. The SMILES string of the molecule is CCCN1c2ccccc2N(C)C(=O)C2=CC=CNC21. The van der Waals surface area contributed by atoms with Crippen molar-refractivity contribution in [2.24, 2.45) is 0 Å². The number of benzene rings is 1. The fraction of sp³-hybridized carbons (Fsp3) is 0.312. The Kier molecular flexibility index (Phi) is 3.22. The van der Waals surface area contributed by atoms with Crippen LogP contribution in [0.3, 0.4) is 0 Å². The molecule has 0 aliphatic carbocycles. The first kappa shape index (κ1) is 12.8. The monoisotopic (exact) mass is 269 g/mol. The average Bonchev–Trinajstić information content (AvgIpc) is 2.58. The van der Waals surface area contributed by atoms with E-state index in [4.69, 9.17) is 0 Å². The summed E-state index contributed by atoms with van der Waals surface area (Å²) >= 11 is 0. The molecule has 0 aromatic heterocycles. The summed E-state index contributed by atoms with van der Waals surface area (Å²) < 4.78 is 0. The van der Waals surface area contributed by atoms with Crippen LogP contribution in [0.25, 0.3) is 0 Å². The molecule has 2 aliphatic rings. The average molecular weight is 269 g/mol. The summed E-state index contributed by atoms with van der Waals surface area (Å²) in [7, 11) is 1.84. The van der Waals surface area contributed by atoms with Crippen molar-refractivity contribution in [3.05, 3.63) is 48.2 Å². The Morgan fingerprint density at radius 1 is 1.25 bits per heavy atom. The van der Waals surface area contributed by atoms with Gasteiger partial charge in [0.2, 0.25) is 0 Å². The number of hydrogen-bond acceptors (Lipinski definition) is 3. The lowest BCUT2D eigenvalue weighted by Gasteiger charge is -2.34. The van der Waals surface area contributed by atoms with Crippen molar-refractivity contribution < 1.29 is 4.79 Å². The van der Waals surface area contributed by atoms with E-state index < -0.39 is 0 Å². The number of nitrogens with one attached hydrogen (secondary N) is 1. The van der Waals surface area contributed by atoms with Crippen molar-refractivity contribution in [3.63, 3.8) is 0 Å². The van der Waals surface area contributed by atoms with Crippen molar-refractivity contribution >= 4 is 17.3 Å². The molecule has 0 fully saturated rings.